The lowest BCUT2D eigenvalue weighted by Crippen LogP contribution is -1.95. The number of hydrogen-bond acceptors (Lipinski definition) is 1. The van der Waals surface area contributed by atoms with Crippen molar-refractivity contribution in [3.05, 3.63) is 34.3 Å². The van der Waals surface area contributed by atoms with Crippen molar-refractivity contribution < 1.29 is 4.79 Å². The van der Waals surface area contributed by atoms with Gasteiger partial charge in [-0.15, -0.1) is 0 Å². The molecule has 0 heterocycles. The quantitative estimate of drug-likeness (QED) is 0.351. The maximum absolute atomic E-state index is 11.6. The second-order valence-corrected chi connectivity index (χ2v) is 4.07. The van der Waals surface area contributed by atoms with Crippen molar-refractivity contribution >= 4 is 21.7 Å². The normalized spacial score (nSPS) is 9.20. The van der Waals surface area contributed by atoms with Crippen LogP contribution in [0.3, 0.4) is 0 Å². The molecule has 1 aromatic rings. The van der Waals surface area contributed by atoms with E-state index in [1.54, 1.807) is 6.07 Å². The van der Waals surface area contributed by atoms with Gasteiger partial charge in [-0.1, -0.05) is 47.3 Å². The second kappa shape index (κ2) is 6.42. The highest BCUT2D eigenvalue weighted by Gasteiger charge is 2.04. The minimum Gasteiger partial charge on any atom is -0.279 e. The number of ketones is 1. The number of benzene rings is 1. The summed E-state index contributed by atoms with van der Waals surface area (Å²) in [5.41, 5.74) is 0.640. The van der Waals surface area contributed by atoms with Crippen LogP contribution in [0.2, 0.25) is 0 Å². The van der Waals surface area contributed by atoms with Gasteiger partial charge in [-0.05, 0) is 24.5 Å². The fourth-order valence-corrected chi connectivity index (χ4v) is 1.59. The van der Waals surface area contributed by atoms with Crippen molar-refractivity contribution in [1.29, 1.82) is 0 Å². The van der Waals surface area contributed by atoms with E-state index in [9.17, 15) is 4.79 Å². The van der Waals surface area contributed by atoms with E-state index in [1.165, 1.54) is 0 Å². The Bertz CT molecular complexity index is 398. The average molecular weight is 265 g/mol. The molecule has 1 nitrogen and oxygen atoms in total. The van der Waals surface area contributed by atoms with Crippen molar-refractivity contribution in [2.45, 2.75) is 26.2 Å². The molecule has 0 fully saturated rings. The topological polar surface area (TPSA) is 17.1 Å². The molecule has 0 atom stereocenters. The standard InChI is InChI=1S/C13H13BrO/c1-2-3-4-5-10-13(15)11-8-6-7-9-12(11)14/h6-9H,2-4H2,1H3. The van der Waals surface area contributed by atoms with Gasteiger partial charge in [0.15, 0.2) is 0 Å². The number of hydrogen-bond donors (Lipinski definition) is 0. The molecule has 0 aliphatic heterocycles. The molecule has 2 heteroatoms. The van der Waals surface area contributed by atoms with E-state index in [-0.39, 0.29) is 5.78 Å². The number of Topliss-reactive ketones (excluding diaryl/α,β-unsaturated/α-hetero) is 1. The van der Waals surface area contributed by atoms with E-state index in [0.29, 0.717) is 5.56 Å². The lowest BCUT2D eigenvalue weighted by Gasteiger charge is -1.96. The zero-order valence-corrected chi connectivity index (χ0v) is 10.3. The Morgan fingerprint density at radius 3 is 2.80 bits per heavy atom. The van der Waals surface area contributed by atoms with Crippen LogP contribution in [0.25, 0.3) is 0 Å². The first-order chi connectivity index (χ1) is 7.25. The Morgan fingerprint density at radius 2 is 2.13 bits per heavy atom. The third-order valence-electron chi connectivity index (χ3n) is 1.98. The van der Waals surface area contributed by atoms with Gasteiger partial charge in [0.2, 0.25) is 5.78 Å². The second-order valence-electron chi connectivity index (χ2n) is 3.21. The van der Waals surface area contributed by atoms with Gasteiger partial charge in [0.05, 0.1) is 0 Å². The van der Waals surface area contributed by atoms with Crippen molar-refractivity contribution in [3.8, 4) is 11.8 Å². The Kier molecular flexibility index (Phi) is 5.14. The molecule has 0 spiro atoms. The summed E-state index contributed by atoms with van der Waals surface area (Å²) in [6, 6.07) is 7.35. The van der Waals surface area contributed by atoms with Crippen LogP contribution in [0.4, 0.5) is 0 Å². The molecule has 0 N–H and O–H groups in total. The summed E-state index contributed by atoms with van der Waals surface area (Å²) in [6.07, 6.45) is 2.96. The van der Waals surface area contributed by atoms with Gasteiger partial charge in [-0.3, -0.25) is 4.79 Å². The minimum absolute atomic E-state index is 0.112. The highest BCUT2D eigenvalue weighted by molar-refractivity contribution is 9.10. The van der Waals surface area contributed by atoms with Gasteiger partial charge in [-0.25, -0.2) is 0 Å². The van der Waals surface area contributed by atoms with Gasteiger partial charge in [0.25, 0.3) is 0 Å². The molecular formula is C13H13BrO. The molecule has 0 amide bonds. The predicted octanol–water partition coefficient (Wildman–Crippen LogP) is 3.83. The zero-order valence-electron chi connectivity index (χ0n) is 8.72. The molecule has 0 unspecified atom stereocenters. The molecular weight excluding hydrogens is 252 g/mol. The highest BCUT2D eigenvalue weighted by Crippen LogP contribution is 2.15. The number of unbranched alkanes of at least 4 members (excludes halogenated alkanes) is 2. The smallest absolute Gasteiger partial charge is 0.237 e. The molecule has 1 rings (SSSR count). The highest BCUT2D eigenvalue weighted by atomic mass is 79.9. The predicted molar refractivity (Wildman–Crippen MR) is 65.8 cm³/mol. The zero-order chi connectivity index (χ0) is 11.1. The first-order valence-corrected chi connectivity index (χ1v) is 5.82. The SMILES string of the molecule is CCCCC#CC(=O)c1ccccc1Br. The maximum atomic E-state index is 11.6. The molecule has 0 aliphatic rings. The van der Waals surface area contributed by atoms with Crippen LogP contribution < -0.4 is 0 Å². The molecule has 0 saturated carbocycles. The van der Waals surface area contributed by atoms with Crippen molar-refractivity contribution in [1.82, 2.24) is 0 Å². The average Bonchev–Trinajstić information content (AvgIpc) is 2.25. The maximum Gasteiger partial charge on any atom is 0.237 e. The number of carbonyl (C=O) groups is 1. The van der Waals surface area contributed by atoms with E-state index in [4.69, 9.17) is 0 Å². The van der Waals surface area contributed by atoms with Crippen molar-refractivity contribution in [3.63, 3.8) is 0 Å². The Labute approximate surface area is 99.0 Å². The summed E-state index contributed by atoms with van der Waals surface area (Å²) in [6.45, 7) is 2.11. The summed E-state index contributed by atoms with van der Waals surface area (Å²) in [7, 11) is 0. The summed E-state index contributed by atoms with van der Waals surface area (Å²) >= 11 is 3.33. The molecule has 0 bridgehead atoms. The first-order valence-electron chi connectivity index (χ1n) is 5.03. The van der Waals surface area contributed by atoms with E-state index in [0.717, 1.165) is 23.7 Å². The Hall–Kier alpha value is -1.07. The molecule has 0 saturated heterocycles. The lowest BCUT2D eigenvalue weighted by molar-refractivity contribution is 0.105. The third-order valence-corrected chi connectivity index (χ3v) is 2.67. The van der Waals surface area contributed by atoms with Crippen LogP contribution in [0.1, 0.15) is 36.5 Å². The van der Waals surface area contributed by atoms with Crippen LogP contribution in [-0.2, 0) is 0 Å². The Balaban J connectivity index is 2.68. The largest absolute Gasteiger partial charge is 0.279 e. The van der Waals surface area contributed by atoms with Crippen molar-refractivity contribution in [2.24, 2.45) is 0 Å². The van der Waals surface area contributed by atoms with Gasteiger partial charge < -0.3 is 0 Å². The first kappa shape index (κ1) is 12.0. The molecule has 0 aliphatic carbocycles. The summed E-state index contributed by atoms with van der Waals surface area (Å²) < 4.78 is 0.805. The number of rotatable bonds is 3. The molecule has 0 radical (unpaired) electrons. The molecule has 78 valence electrons. The van der Waals surface area contributed by atoms with Crippen molar-refractivity contribution in [2.75, 3.05) is 0 Å². The van der Waals surface area contributed by atoms with Crippen LogP contribution in [-0.4, -0.2) is 5.78 Å². The van der Waals surface area contributed by atoms with Crippen LogP contribution in [0.15, 0.2) is 28.7 Å². The van der Waals surface area contributed by atoms with Gasteiger partial charge >= 0.3 is 0 Å². The number of carbonyl (C=O) groups excluding carboxylic acids is 1. The van der Waals surface area contributed by atoms with E-state index >= 15 is 0 Å². The monoisotopic (exact) mass is 264 g/mol. The molecule has 15 heavy (non-hydrogen) atoms. The van der Waals surface area contributed by atoms with Crippen LogP contribution >= 0.6 is 15.9 Å². The summed E-state index contributed by atoms with van der Waals surface area (Å²) in [5, 5.41) is 0. The number of halogens is 1. The lowest BCUT2D eigenvalue weighted by atomic mass is 10.1. The van der Waals surface area contributed by atoms with Gasteiger partial charge in [-0.2, -0.15) is 0 Å². The fourth-order valence-electron chi connectivity index (χ4n) is 1.12. The molecule has 0 aromatic heterocycles. The van der Waals surface area contributed by atoms with Gasteiger partial charge in [0.1, 0.15) is 0 Å². The van der Waals surface area contributed by atoms with Gasteiger partial charge in [0, 0.05) is 16.5 Å². The van der Waals surface area contributed by atoms with E-state index in [2.05, 4.69) is 34.7 Å². The summed E-state index contributed by atoms with van der Waals surface area (Å²) in [4.78, 5) is 11.6. The Morgan fingerprint density at radius 1 is 1.40 bits per heavy atom. The molecule has 1 aromatic carbocycles. The van der Waals surface area contributed by atoms with Crippen LogP contribution in [0.5, 0.6) is 0 Å². The van der Waals surface area contributed by atoms with E-state index in [1.807, 2.05) is 18.2 Å². The third kappa shape index (κ3) is 3.89. The van der Waals surface area contributed by atoms with E-state index < -0.39 is 0 Å². The van der Waals surface area contributed by atoms with Crippen LogP contribution in [0, 0.1) is 11.8 Å². The summed E-state index contributed by atoms with van der Waals surface area (Å²) in [5.74, 6) is 5.43. The minimum atomic E-state index is -0.112. The fraction of sp³-hybridized carbons (Fsp3) is 0.308.